The van der Waals surface area contributed by atoms with Gasteiger partial charge in [-0.15, -0.1) is 0 Å². The minimum atomic E-state index is -0.414. The van der Waals surface area contributed by atoms with E-state index in [2.05, 4.69) is 10.4 Å². The van der Waals surface area contributed by atoms with Crippen LogP contribution in [-0.4, -0.2) is 41.2 Å². The number of fused-ring (bicyclic) bond motifs is 1. The van der Waals surface area contributed by atoms with E-state index in [4.69, 9.17) is 4.74 Å². The summed E-state index contributed by atoms with van der Waals surface area (Å²) >= 11 is 0. The first-order valence-corrected chi connectivity index (χ1v) is 6.37. The summed E-state index contributed by atoms with van der Waals surface area (Å²) in [6.07, 6.45) is 1.30. The molecule has 104 valence electrons. The molecule has 20 heavy (non-hydrogen) atoms. The van der Waals surface area contributed by atoms with Crippen LogP contribution in [0.15, 0.2) is 30.5 Å². The summed E-state index contributed by atoms with van der Waals surface area (Å²) < 4.78 is 5.27. The monoisotopic (exact) mass is 274 g/mol. The number of anilines is 1. The van der Waals surface area contributed by atoms with E-state index in [1.165, 1.54) is 6.20 Å². The Balaban J connectivity index is 2.04. The molecule has 0 aliphatic carbocycles. The molecule has 0 saturated carbocycles. The first-order valence-electron chi connectivity index (χ1n) is 6.37. The average Bonchev–Trinajstić information content (AvgIpc) is 2.48. The number of morpholine rings is 1. The fraction of sp³-hybridized carbons (Fsp3) is 0.308. The highest BCUT2D eigenvalue weighted by Gasteiger charge is 2.20. The van der Waals surface area contributed by atoms with Crippen molar-refractivity contribution in [2.75, 3.05) is 31.7 Å². The van der Waals surface area contributed by atoms with Gasteiger partial charge in [0.2, 0.25) is 0 Å². The van der Waals surface area contributed by atoms with Crippen LogP contribution in [0.5, 0.6) is 0 Å². The van der Waals surface area contributed by atoms with Crippen molar-refractivity contribution in [2.24, 2.45) is 0 Å². The summed E-state index contributed by atoms with van der Waals surface area (Å²) in [6, 6.07) is 7.37. The molecule has 1 aliphatic rings. The van der Waals surface area contributed by atoms with Gasteiger partial charge >= 0.3 is 5.69 Å². The summed E-state index contributed by atoms with van der Waals surface area (Å²) in [5.41, 5.74) is 4.35. The number of ether oxygens (including phenoxy) is 1. The van der Waals surface area contributed by atoms with Crippen molar-refractivity contribution in [2.45, 2.75) is 0 Å². The van der Waals surface area contributed by atoms with Gasteiger partial charge < -0.3 is 10.2 Å². The maximum Gasteiger partial charge on any atom is 0.312 e. The van der Waals surface area contributed by atoms with Crippen LogP contribution in [-0.2, 0) is 4.74 Å². The Hall–Kier alpha value is -2.25. The molecule has 1 aromatic carbocycles. The molecule has 7 heteroatoms. The number of nitrogens with one attached hydrogen (secondary N) is 1. The molecule has 0 atom stereocenters. The van der Waals surface area contributed by atoms with Crippen molar-refractivity contribution in [3.05, 3.63) is 40.6 Å². The van der Waals surface area contributed by atoms with Gasteiger partial charge in [-0.1, -0.05) is 18.2 Å². The van der Waals surface area contributed by atoms with Gasteiger partial charge in [-0.05, 0) is 6.07 Å². The second-order valence-corrected chi connectivity index (χ2v) is 4.50. The summed E-state index contributed by atoms with van der Waals surface area (Å²) in [7, 11) is 0. The number of aromatic nitrogens is 1. The Morgan fingerprint density at radius 3 is 2.80 bits per heavy atom. The maximum absolute atomic E-state index is 11.2. The van der Waals surface area contributed by atoms with Crippen LogP contribution in [0, 0.1) is 10.1 Å². The van der Waals surface area contributed by atoms with Gasteiger partial charge in [-0.2, -0.15) is 0 Å². The molecule has 1 N–H and O–H groups in total. The second-order valence-electron chi connectivity index (χ2n) is 4.50. The van der Waals surface area contributed by atoms with Gasteiger partial charge in [-0.3, -0.25) is 10.1 Å². The Kier molecular flexibility index (Phi) is 3.44. The fourth-order valence-electron chi connectivity index (χ4n) is 2.22. The minimum Gasteiger partial charge on any atom is -0.379 e. The van der Waals surface area contributed by atoms with E-state index in [0.717, 1.165) is 10.9 Å². The number of hydrazine groups is 1. The zero-order valence-electron chi connectivity index (χ0n) is 10.8. The first-order chi connectivity index (χ1) is 9.75. The normalized spacial score (nSPS) is 16.2. The molecule has 0 radical (unpaired) electrons. The third-order valence-electron chi connectivity index (χ3n) is 3.23. The molecule has 1 fully saturated rings. The van der Waals surface area contributed by atoms with Crippen LogP contribution in [0.1, 0.15) is 0 Å². The van der Waals surface area contributed by atoms with E-state index in [1.807, 2.05) is 29.3 Å². The fourth-order valence-corrected chi connectivity index (χ4v) is 2.22. The van der Waals surface area contributed by atoms with Gasteiger partial charge in [-0.25, -0.2) is 9.99 Å². The molecule has 1 saturated heterocycles. The van der Waals surface area contributed by atoms with E-state index >= 15 is 0 Å². The quantitative estimate of drug-likeness (QED) is 0.679. The maximum atomic E-state index is 11.2. The van der Waals surface area contributed by atoms with Gasteiger partial charge in [0, 0.05) is 18.5 Å². The Labute approximate surface area is 115 Å². The predicted octanol–water partition coefficient (Wildman–Crippen LogP) is 1.80. The third-order valence-corrected chi connectivity index (χ3v) is 3.23. The number of nitrogens with zero attached hydrogens (tertiary/aromatic N) is 3. The standard InChI is InChI=1S/C13H14N4O3/c18-17(19)12-9-14-11-4-2-1-3-10(11)13(12)15-16-5-7-20-8-6-16/h1-4,9H,5-8H2,(H,14,15). The molecule has 0 spiro atoms. The molecule has 7 nitrogen and oxygen atoms in total. The number of rotatable bonds is 3. The second kappa shape index (κ2) is 5.40. The summed E-state index contributed by atoms with van der Waals surface area (Å²) in [4.78, 5) is 14.9. The number of nitro groups is 1. The summed E-state index contributed by atoms with van der Waals surface area (Å²) in [5, 5.41) is 13.9. The molecular weight excluding hydrogens is 260 g/mol. The largest absolute Gasteiger partial charge is 0.379 e. The Morgan fingerprint density at radius 2 is 2.05 bits per heavy atom. The molecule has 2 aromatic rings. The SMILES string of the molecule is O=[N+]([O-])c1cnc2ccccc2c1NN1CCOCC1. The first kappa shape index (κ1) is 12.8. The lowest BCUT2D eigenvalue weighted by atomic mass is 10.1. The molecule has 0 unspecified atom stereocenters. The highest BCUT2D eigenvalue weighted by Crippen LogP contribution is 2.31. The van der Waals surface area contributed by atoms with Crippen molar-refractivity contribution in [3.63, 3.8) is 0 Å². The van der Waals surface area contributed by atoms with Crippen LogP contribution >= 0.6 is 0 Å². The summed E-state index contributed by atoms with van der Waals surface area (Å²) in [5.74, 6) is 0. The van der Waals surface area contributed by atoms with Crippen LogP contribution in [0.25, 0.3) is 10.9 Å². The van der Waals surface area contributed by atoms with E-state index in [0.29, 0.717) is 32.0 Å². The molecule has 0 bridgehead atoms. The highest BCUT2D eigenvalue weighted by atomic mass is 16.6. The van der Waals surface area contributed by atoms with E-state index < -0.39 is 4.92 Å². The van der Waals surface area contributed by atoms with E-state index in [-0.39, 0.29) is 5.69 Å². The average molecular weight is 274 g/mol. The van der Waals surface area contributed by atoms with E-state index in [1.54, 1.807) is 0 Å². The van der Waals surface area contributed by atoms with Crippen molar-refractivity contribution in [3.8, 4) is 0 Å². The van der Waals surface area contributed by atoms with Crippen molar-refractivity contribution < 1.29 is 9.66 Å². The number of hydrogen-bond donors (Lipinski definition) is 1. The number of hydrogen-bond acceptors (Lipinski definition) is 6. The van der Waals surface area contributed by atoms with Crippen molar-refractivity contribution in [1.82, 2.24) is 9.99 Å². The third kappa shape index (κ3) is 2.40. The molecule has 1 aromatic heterocycles. The lowest BCUT2D eigenvalue weighted by Crippen LogP contribution is -2.40. The van der Waals surface area contributed by atoms with Crippen LogP contribution in [0.4, 0.5) is 11.4 Å². The van der Waals surface area contributed by atoms with Crippen LogP contribution < -0.4 is 5.43 Å². The van der Waals surface area contributed by atoms with Gasteiger partial charge in [0.25, 0.3) is 0 Å². The lowest BCUT2D eigenvalue weighted by molar-refractivity contribution is -0.384. The zero-order valence-corrected chi connectivity index (χ0v) is 10.8. The van der Waals surface area contributed by atoms with Gasteiger partial charge in [0.1, 0.15) is 11.9 Å². The predicted molar refractivity (Wildman–Crippen MR) is 74.4 cm³/mol. The molecule has 3 rings (SSSR count). The van der Waals surface area contributed by atoms with Gasteiger partial charge in [0.15, 0.2) is 0 Å². The lowest BCUT2D eigenvalue weighted by Gasteiger charge is -2.28. The Morgan fingerprint density at radius 1 is 1.30 bits per heavy atom. The van der Waals surface area contributed by atoms with Crippen molar-refractivity contribution >= 4 is 22.3 Å². The number of pyridine rings is 1. The molecular formula is C13H14N4O3. The minimum absolute atomic E-state index is 0.0183. The zero-order chi connectivity index (χ0) is 13.9. The number of para-hydroxylation sites is 1. The van der Waals surface area contributed by atoms with Crippen LogP contribution in [0.3, 0.4) is 0 Å². The van der Waals surface area contributed by atoms with Crippen molar-refractivity contribution in [1.29, 1.82) is 0 Å². The van der Waals surface area contributed by atoms with Gasteiger partial charge in [0.05, 0.1) is 23.7 Å². The van der Waals surface area contributed by atoms with Crippen LogP contribution in [0.2, 0.25) is 0 Å². The highest BCUT2D eigenvalue weighted by molar-refractivity contribution is 5.95. The Bertz CT molecular complexity index is 641. The molecule has 2 heterocycles. The summed E-state index contributed by atoms with van der Waals surface area (Å²) in [6.45, 7) is 2.61. The topological polar surface area (TPSA) is 80.5 Å². The molecule has 1 aliphatic heterocycles. The number of benzene rings is 1. The molecule has 0 amide bonds. The van der Waals surface area contributed by atoms with E-state index in [9.17, 15) is 10.1 Å². The smallest absolute Gasteiger partial charge is 0.312 e.